The predicted molar refractivity (Wildman–Crippen MR) is 79.6 cm³/mol. The molecule has 0 aliphatic heterocycles. The van der Waals surface area contributed by atoms with Crippen LogP contribution in [0.15, 0.2) is 36.5 Å². The molecule has 2 aromatic rings. The first kappa shape index (κ1) is 15.4. The maximum atomic E-state index is 13.5. The van der Waals surface area contributed by atoms with Gasteiger partial charge in [0.2, 0.25) is 0 Å². The Kier molecular flexibility index (Phi) is 5.22. The molecule has 2 rings (SSSR count). The van der Waals surface area contributed by atoms with Crippen LogP contribution in [0.5, 0.6) is 0 Å². The third-order valence-corrected chi connectivity index (χ3v) is 3.37. The number of benzene rings is 1. The molecule has 21 heavy (non-hydrogen) atoms. The number of pyridine rings is 1. The van der Waals surface area contributed by atoms with Crippen LogP contribution in [0, 0.1) is 11.6 Å². The number of anilines is 1. The zero-order chi connectivity index (χ0) is 15.2. The molecule has 3 nitrogen and oxygen atoms in total. The Morgan fingerprint density at radius 2 is 2.05 bits per heavy atom. The lowest BCUT2D eigenvalue weighted by molar-refractivity contribution is 0.497. The van der Waals surface area contributed by atoms with E-state index >= 15 is 0 Å². The van der Waals surface area contributed by atoms with Crippen LogP contribution in [0.1, 0.15) is 24.5 Å². The molecule has 0 fully saturated rings. The zero-order valence-electron chi connectivity index (χ0n) is 11.9. The first-order chi connectivity index (χ1) is 10.0. The molecule has 0 saturated heterocycles. The topological polar surface area (TPSA) is 50.9 Å². The Labute approximate surface area is 123 Å². The summed E-state index contributed by atoms with van der Waals surface area (Å²) in [4.78, 5) is 4.04. The van der Waals surface area contributed by atoms with Gasteiger partial charge in [0, 0.05) is 30.4 Å². The Morgan fingerprint density at radius 1 is 1.24 bits per heavy atom. The van der Waals surface area contributed by atoms with Crippen LogP contribution in [0.25, 0.3) is 0 Å². The van der Waals surface area contributed by atoms with Crippen LogP contribution in [0.4, 0.5) is 14.6 Å². The van der Waals surface area contributed by atoms with Crippen LogP contribution in [0.3, 0.4) is 0 Å². The van der Waals surface area contributed by atoms with Crippen molar-refractivity contribution in [2.24, 2.45) is 0 Å². The third kappa shape index (κ3) is 4.79. The summed E-state index contributed by atoms with van der Waals surface area (Å²) < 4.78 is 26.3. The maximum Gasteiger partial charge on any atom is 0.130 e. The molecule has 0 radical (unpaired) electrons. The van der Waals surface area contributed by atoms with Crippen LogP contribution < -0.4 is 11.1 Å². The van der Waals surface area contributed by atoms with Crippen molar-refractivity contribution >= 4 is 5.82 Å². The Morgan fingerprint density at radius 3 is 2.71 bits per heavy atom. The van der Waals surface area contributed by atoms with E-state index in [-0.39, 0.29) is 6.04 Å². The van der Waals surface area contributed by atoms with Crippen molar-refractivity contribution in [2.75, 3.05) is 5.73 Å². The van der Waals surface area contributed by atoms with Crippen LogP contribution in [-0.4, -0.2) is 11.0 Å². The number of nitrogens with zero attached hydrogens (tertiary/aromatic N) is 1. The molecule has 0 amide bonds. The van der Waals surface area contributed by atoms with Crippen molar-refractivity contribution in [1.82, 2.24) is 10.3 Å². The fourth-order valence-electron chi connectivity index (χ4n) is 2.02. The molecular formula is C16H19F2N3. The molecule has 1 atom stereocenters. The fraction of sp³-hybridized carbons (Fsp3) is 0.312. The summed E-state index contributed by atoms with van der Waals surface area (Å²) >= 11 is 0. The summed E-state index contributed by atoms with van der Waals surface area (Å²) in [6.07, 6.45) is 3.53. The number of nitrogen functional groups attached to an aromatic ring is 1. The van der Waals surface area contributed by atoms with Crippen LogP contribution in [-0.2, 0) is 13.0 Å². The SMILES string of the molecule is CC(CCc1ccc(N)nc1)NCc1ccc(F)cc1F. The van der Waals surface area contributed by atoms with Crippen LogP contribution in [0.2, 0.25) is 0 Å². The van der Waals surface area contributed by atoms with E-state index in [2.05, 4.69) is 10.3 Å². The van der Waals surface area contributed by atoms with E-state index in [4.69, 9.17) is 5.73 Å². The van der Waals surface area contributed by atoms with Gasteiger partial charge >= 0.3 is 0 Å². The molecule has 0 spiro atoms. The van der Waals surface area contributed by atoms with Gasteiger partial charge in [0.1, 0.15) is 17.5 Å². The molecule has 3 N–H and O–H groups in total. The maximum absolute atomic E-state index is 13.5. The standard InChI is InChI=1S/C16H19F2N3/c1-11(2-3-12-4-7-16(19)21-9-12)20-10-13-5-6-14(17)8-15(13)18/h4-9,11,20H,2-3,10H2,1H3,(H2,19,21). The number of halogens is 2. The second kappa shape index (κ2) is 7.13. The number of aryl methyl sites for hydroxylation is 1. The average Bonchev–Trinajstić information content (AvgIpc) is 2.46. The summed E-state index contributed by atoms with van der Waals surface area (Å²) in [5, 5.41) is 3.23. The van der Waals surface area contributed by atoms with E-state index in [1.54, 1.807) is 12.3 Å². The lowest BCUT2D eigenvalue weighted by Crippen LogP contribution is -2.26. The van der Waals surface area contributed by atoms with Gasteiger partial charge in [-0.1, -0.05) is 12.1 Å². The number of hydrogen-bond donors (Lipinski definition) is 2. The first-order valence-corrected chi connectivity index (χ1v) is 6.92. The van der Waals surface area contributed by atoms with Crippen LogP contribution >= 0.6 is 0 Å². The predicted octanol–water partition coefficient (Wildman–Crippen LogP) is 3.05. The first-order valence-electron chi connectivity index (χ1n) is 6.92. The van der Waals surface area contributed by atoms with Gasteiger partial charge in [0.25, 0.3) is 0 Å². The Hall–Kier alpha value is -2.01. The highest BCUT2D eigenvalue weighted by Crippen LogP contribution is 2.10. The van der Waals surface area contributed by atoms with Crippen molar-refractivity contribution in [3.63, 3.8) is 0 Å². The normalized spacial score (nSPS) is 12.3. The molecular weight excluding hydrogens is 272 g/mol. The number of aromatic nitrogens is 1. The number of nitrogens with two attached hydrogens (primary N) is 1. The molecule has 1 aromatic carbocycles. The Bertz CT molecular complexity index is 585. The molecule has 0 aliphatic carbocycles. The molecule has 5 heteroatoms. The van der Waals surface area contributed by atoms with E-state index < -0.39 is 11.6 Å². The zero-order valence-corrected chi connectivity index (χ0v) is 11.9. The van der Waals surface area contributed by atoms with E-state index in [0.717, 1.165) is 24.5 Å². The minimum atomic E-state index is -0.555. The van der Waals surface area contributed by atoms with Gasteiger partial charge in [-0.15, -0.1) is 0 Å². The highest BCUT2D eigenvalue weighted by Gasteiger charge is 2.07. The second-order valence-corrected chi connectivity index (χ2v) is 5.15. The molecule has 1 aromatic heterocycles. The minimum absolute atomic E-state index is 0.215. The molecule has 0 bridgehead atoms. The second-order valence-electron chi connectivity index (χ2n) is 5.15. The average molecular weight is 291 g/mol. The van der Waals surface area contributed by atoms with Crippen molar-refractivity contribution in [1.29, 1.82) is 0 Å². The van der Waals surface area contributed by atoms with Gasteiger partial charge in [-0.05, 0) is 37.5 Å². The molecule has 1 unspecified atom stereocenters. The van der Waals surface area contributed by atoms with Crippen molar-refractivity contribution in [3.05, 3.63) is 59.3 Å². The lowest BCUT2D eigenvalue weighted by Gasteiger charge is -2.14. The van der Waals surface area contributed by atoms with Gasteiger partial charge in [-0.2, -0.15) is 0 Å². The van der Waals surface area contributed by atoms with E-state index in [9.17, 15) is 8.78 Å². The lowest BCUT2D eigenvalue weighted by atomic mass is 10.1. The van der Waals surface area contributed by atoms with Gasteiger partial charge < -0.3 is 11.1 Å². The summed E-state index contributed by atoms with van der Waals surface area (Å²) in [6, 6.07) is 7.59. The van der Waals surface area contributed by atoms with Crippen molar-refractivity contribution < 1.29 is 8.78 Å². The smallest absolute Gasteiger partial charge is 0.130 e. The quantitative estimate of drug-likeness (QED) is 0.860. The molecule has 0 aliphatic rings. The fourth-order valence-corrected chi connectivity index (χ4v) is 2.02. The minimum Gasteiger partial charge on any atom is -0.384 e. The van der Waals surface area contributed by atoms with Gasteiger partial charge in [0.15, 0.2) is 0 Å². The molecule has 1 heterocycles. The number of nitrogens with one attached hydrogen (secondary N) is 1. The monoisotopic (exact) mass is 291 g/mol. The Balaban J connectivity index is 1.79. The van der Waals surface area contributed by atoms with Gasteiger partial charge in [0.05, 0.1) is 0 Å². The van der Waals surface area contributed by atoms with Crippen molar-refractivity contribution in [3.8, 4) is 0 Å². The highest BCUT2D eigenvalue weighted by atomic mass is 19.1. The highest BCUT2D eigenvalue weighted by molar-refractivity contribution is 5.29. The summed E-state index contributed by atoms with van der Waals surface area (Å²) in [7, 11) is 0. The van der Waals surface area contributed by atoms with Gasteiger partial charge in [-0.3, -0.25) is 0 Å². The largest absolute Gasteiger partial charge is 0.384 e. The number of rotatable bonds is 6. The van der Waals surface area contributed by atoms with E-state index in [1.807, 2.05) is 13.0 Å². The van der Waals surface area contributed by atoms with Gasteiger partial charge in [-0.25, -0.2) is 13.8 Å². The summed E-state index contributed by atoms with van der Waals surface area (Å²) in [6.45, 7) is 2.42. The summed E-state index contributed by atoms with van der Waals surface area (Å²) in [5.41, 5.74) is 7.12. The van der Waals surface area contributed by atoms with E-state index in [0.29, 0.717) is 17.9 Å². The summed E-state index contributed by atoms with van der Waals surface area (Å²) in [5.74, 6) is -0.561. The third-order valence-electron chi connectivity index (χ3n) is 3.37. The number of hydrogen-bond acceptors (Lipinski definition) is 3. The molecule has 112 valence electrons. The van der Waals surface area contributed by atoms with E-state index in [1.165, 1.54) is 12.1 Å². The molecule has 0 saturated carbocycles. The van der Waals surface area contributed by atoms with Crippen molar-refractivity contribution in [2.45, 2.75) is 32.4 Å².